The van der Waals surface area contributed by atoms with E-state index in [2.05, 4.69) is 0 Å². The first-order chi connectivity index (χ1) is 8.15. The fraction of sp³-hybridized carbons (Fsp3) is 0.400. The number of rotatable bonds is 4. The van der Waals surface area contributed by atoms with Crippen molar-refractivity contribution < 1.29 is 17.2 Å². The Morgan fingerprint density at radius 2 is 1.83 bits per heavy atom. The molecule has 0 heterocycles. The van der Waals surface area contributed by atoms with Crippen molar-refractivity contribution >= 4 is 21.6 Å². The van der Waals surface area contributed by atoms with E-state index >= 15 is 0 Å². The van der Waals surface area contributed by atoms with Gasteiger partial charge in [-0.2, -0.15) is 12.7 Å². The van der Waals surface area contributed by atoms with Crippen LogP contribution in [0.15, 0.2) is 12.1 Å². The first-order valence-electron chi connectivity index (χ1n) is 5.15. The van der Waals surface area contributed by atoms with Gasteiger partial charge in [0.15, 0.2) is 0 Å². The molecule has 0 radical (unpaired) electrons. The molecule has 0 unspecified atom stereocenters. The van der Waals surface area contributed by atoms with Crippen LogP contribution in [0.4, 0.5) is 20.2 Å². The van der Waals surface area contributed by atoms with Gasteiger partial charge in [0.1, 0.15) is 11.6 Å². The topological polar surface area (TPSA) is 75.4 Å². The van der Waals surface area contributed by atoms with Crippen molar-refractivity contribution in [1.29, 1.82) is 0 Å². The van der Waals surface area contributed by atoms with E-state index in [1.807, 2.05) is 4.72 Å². The first kappa shape index (κ1) is 14.7. The van der Waals surface area contributed by atoms with Crippen LogP contribution in [-0.4, -0.2) is 25.8 Å². The highest BCUT2D eigenvalue weighted by Crippen LogP contribution is 2.22. The number of nitrogen functional groups attached to an aromatic ring is 1. The second-order valence-electron chi connectivity index (χ2n) is 4.07. The van der Waals surface area contributed by atoms with Gasteiger partial charge in [-0.15, -0.1) is 0 Å². The molecule has 0 saturated heterocycles. The van der Waals surface area contributed by atoms with Gasteiger partial charge in [0.25, 0.3) is 0 Å². The smallest absolute Gasteiger partial charge is 0.301 e. The number of hydrogen-bond donors (Lipinski definition) is 2. The van der Waals surface area contributed by atoms with Gasteiger partial charge in [0, 0.05) is 19.2 Å². The molecule has 0 amide bonds. The van der Waals surface area contributed by atoms with Crippen molar-refractivity contribution in [2.75, 3.05) is 17.5 Å². The molecule has 1 aromatic rings. The lowest BCUT2D eigenvalue weighted by Crippen LogP contribution is -2.37. The molecule has 0 aliphatic rings. The van der Waals surface area contributed by atoms with Crippen LogP contribution in [-0.2, 0) is 10.2 Å². The van der Waals surface area contributed by atoms with E-state index in [9.17, 15) is 17.2 Å². The lowest BCUT2D eigenvalue weighted by Gasteiger charge is -2.22. The molecule has 1 aromatic carbocycles. The van der Waals surface area contributed by atoms with Crippen LogP contribution in [0.1, 0.15) is 13.8 Å². The largest absolute Gasteiger partial charge is 0.396 e. The summed E-state index contributed by atoms with van der Waals surface area (Å²) in [5.74, 6) is -1.96. The van der Waals surface area contributed by atoms with Gasteiger partial charge in [-0.1, -0.05) is 0 Å². The summed E-state index contributed by atoms with van der Waals surface area (Å²) in [7, 11) is -2.55. The summed E-state index contributed by atoms with van der Waals surface area (Å²) in [6, 6.07) is 1.13. The summed E-state index contributed by atoms with van der Waals surface area (Å²) < 4.78 is 52.9. The van der Waals surface area contributed by atoms with Crippen molar-refractivity contribution in [1.82, 2.24) is 4.31 Å². The number of nitrogens with two attached hydrogens (primary N) is 1. The second kappa shape index (κ2) is 5.07. The molecule has 0 bridgehead atoms. The van der Waals surface area contributed by atoms with Crippen molar-refractivity contribution in [2.24, 2.45) is 0 Å². The third kappa shape index (κ3) is 3.08. The van der Waals surface area contributed by atoms with E-state index < -0.39 is 21.8 Å². The molecular weight excluding hydrogens is 264 g/mol. The maximum atomic E-state index is 13.4. The minimum atomic E-state index is -3.90. The highest BCUT2D eigenvalue weighted by molar-refractivity contribution is 7.90. The Labute approximate surface area is 105 Å². The van der Waals surface area contributed by atoms with Gasteiger partial charge in [-0.25, -0.2) is 8.78 Å². The molecule has 5 nitrogen and oxygen atoms in total. The fourth-order valence-electron chi connectivity index (χ4n) is 1.13. The average molecular weight is 279 g/mol. The number of benzene rings is 1. The van der Waals surface area contributed by atoms with E-state index in [-0.39, 0.29) is 17.4 Å². The summed E-state index contributed by atoms with van der Waals surface area (Å²) in [6.45, 7) is 3.32. The lowest BCUT2D eigenvalue weighted by molar-refractivity contribution is 0.414. The molecule has 0 saturated carbocycles. The van der Waals surface area contributed by atoms with Crippen LogP contribution in [0, 0.1) is 11.6 Å². The molecule has 0 aliphatic carbocycles. The summed E-state index contributed by atoms with van der Waals surface area (Å²) in [6.07, 6.45) is 0. The van der Waals surface area contributed by atoms with E-state index in [0.29, 0.717) is 6.07 Å². The van der Waals surface area contributed by atoms with Crippen LogP contribution < -0.4 is 10.5 Å². The minimum Gasteiger partial charge on any atom is -0.396 e. The SMILES string of the molecule is CC(C)N(C)S(=O)(=O)Nc1cc(N)c(F)cc1F. The Hall–Kier alpha value is -1.41. The molecule has 3 N–H and O–H groups in total. The Morgan fingerprint density at radius 3 is 2.33 bits per heavy atom. The highest BCUT2D eigenvalue weighted by atomic mass is 32.2. The number of nitrogens with one attached hydrogen (secondary N) is 1. The van der Waals surface area contributed by atoms with Gasteiger partial charge in [0.2, 0.25) is 0 Å². The summed E-state index contributed by atoms with van der Waals surface area (Å²) in [5.41, 5.74) is 4.53. The number of halogens is 2. The fourth-order valence-corrected chi connectivity index (χ4v) is 2.27. The third-order valence-electron chi connectivity index (χ3n) is 2.43. The van der Waals surface area contributed by atoms with Crippen LogP contribution in [0.25, 0.3) is 0 Å². The number of hydrogen-bond acceptors (Lipinski definition) is 3. The quantitative estimate of drug-likeness (QED) is 0.821. The molecule has 8 heteroatoms. The van der Waals surface area contributed by atoms with E-state index in [4.69, 9.17) is 5.73 Å². The lowest BCUT2D eigenvalue weighted by atomic mass is 10.2. The van der Waals surface area contributed by atoms with Crippen LogP contribution >= 0.6 is 0 Å². The summed E-state index contributed by atoms with van der Waals surface area (Å²) in [4.78, 5) is 0. The molecule has 0 aromatic heterocycles. The Balaban J connectivity index is 3.09. The van der Waals surface area contributed by atoms with E-state index in [1.165, 1.54) is 7.05 Å². The van der Waals surface area contributed by atoms with Gasteiger partial charge in [-0.05, 0) is 19.9 Å². The summed E-state index contributed by atoms with van der Waals surface area (Å²) in [5, 5.41) is 0. The molecule has 0 fully saturated rings. The summed E-state index contributed by atoms with van der Waals surface area (Å²) >= 11 is 0. The minimum absolute atomic E-state index is 0.302. The molecule has 102 valence electrons. The van der Waals surface area contributed by atoms with Gasteiger partial charge in [0.05, 0.1) is 11.4 Å². The van der Waals surface area contributed by atoms with Crippen molar-refractivity contribution in [3.8, 4) is 0 Å². The van der Waals surface area contributed by atoms with Crippen LogP contribution in [0.3, 0.4) is 0 Å². The molecule has 1 rings (SSSR count). The monoisotopic (exact) mass is 279 g/mol. The van der Waals surface area contributed by atoms with Crippen LogP contribution in [0.5, 0.6) is 0 Å². The van der Waals surface area contributed by atoms with E-state index in [0.717, 1.165) is 10.4 Å². The maximum absolute atomic E-state index is 13.4. The standard InChI is InChI=1S/C10H15F2N3O2S/c1-6(2)15(3)18(16,17)14-10-5-9(13)7(11)4-8(10)12/h4-6,14H,13H2,1-3H3. The highest BCUT2D eigenvalue weighted by Gasteiger charge is 2.22. The molecule has 18 heavy (non-hydrogen) atoms. The van der Waals surface area contributed by atoms with Gasteiger partial charge in [-0.3, -0.25) is 4.72 Å². The number of anilines is 2. The average Bonchev–Trinajstić information content (AvgIpc) is 2.24. The Morgan fingerprint density at radius 1 is 1.28 bits per heavy atom. The zero-order valence-electron chi connectivity index (χ0n) is 10.2. The van der Waals surface area contributed by atoms with Gasteiger partial charge < -0.3 is 5.73 Å². The van der Waals surface area contributed by atoms with Crippen molar-refractivity contribution in [3.63, 3.8) is 0 Å². The molecule has 0 atom stereocenters. The van der Waals surface area contributed by atoms with Gasteiger partial charge >= 0.3 is 10.2 Å². The van der Waals surface area contributed by atoms with E-state index in [1.54, 1.807) is 13.8 Å². The third-order valence-corrected chi connectivity index (χ3v) is 4.09. The Kier molecular flexibility index (Phi) is 4.12. The number of nitrogens with zero attached hydrogens (tertiary/aromatic N) is 1. The zero-order valence-corrected chi connectivity index (χ0v) is 11.1. The van der Waals surface area contributed by atoms with Crippen molar-refractivity contribution in [2.45, 2.75) is 19.9 Å². The Bertz CT molecular complexity index is 546. The molecular formula is C10H15F2N3O2S. The predicted octanol–water partition coefficient (Wildman–Crippen LogP) is 1.54. The zero-order chi connectivity index (χ0) is 14.1. The van der Waals surface area contributed by atoms with Crippen LogP contribution in [0.2, 0.25) is 0 Å². The second-order valence-corrected chi connectivity index (χ2v) is 5.80. The maximum Gasteiger partial charge on any atom is 0.301 e. The van der Waals surface area contributed by atoms with Crippen molar-refractivity contribution in [3.05, 3.63) is 23.8 Å². The molecule has 0 aliphatic heterocycles. The normalized spacial score (nSPS) is 12.2. The predicted molar refractivity (Wildman–Crippen MR) is 66.2 cm³/mol. The first-order valence-corrected chi connectivity index (χ1v) is 6.59. The molecule has 0 spiro atoms.